The maximum atomic E-state index is 13.5. The standard InChI is InChI=1S/C25H23N5OS/c1-15-8-7-9-18(14-15)23-28-25-26-17(3)20(24(31)27-19-10-5-4-6-11-19)21(30(25)29-23)22-16(2)12-13-32-22/h4-14,21H,1-3H3,(H,27,31)(H,26,28,29). The summed E-state index contributed by atoms with van der Waals surface area (Å²) in [4.78, 5) is 19.3. The van der Waals surface area contributed by atoms with E-state index in [0.29, 0.717) is 17.3 Å². The number of thiophene rings is 1. The Hall–Kier alpha value is -3.71. The number of carbonyl (C=O) groups is 1. The molecule has 6 nitrogen and oxygen atoms in total. The smallest absolute Gasteiger partial charge is 0.255 e. The number of aryl methyl sites for hydroxylation is 2. The predicted molar refractivity (Wildman–Crippen MR) is 129 cm³/mol. The van der Waals surface area contributed by atoms with Crippen molar-refractivity contribution in [2.24, 2.45) is 0 Å². The lowest BCUT2D eigenvalue weighted by Gasteiger charge is -2.28. The average molecular weight is 442 g/mol. The van der Waals surface area contributed by atoms with E-state index in [4.69, 9.17) is 10.1 Å². The second-order valence-electron chi connectivity index (χ2n) is 7.93. The fraction of sp³-hybridized carbons (Fsp3) is 0.160. The van der Waals surface area contributed by atoms with Crippen molar-refractivity contribution >= 4 is 28.9 Å². The fourth-order valence-electron chi connectivity index (χ4n) is 3.98. The number of aromatic nitrogens is 3. The Kier molecular flexibility index (Phi) is 5.11. The van der Waals surface area contributed by atoms with Gasteiger partial charge in [-0.1, -0.05) is 42.0 Å². The van der Waals surface area contributed by atoms with Gasteiger partial charge in [0.1, 0.15) is 6.04 Å². The van der Waals surface area contributed by atoms with Gasteiger partial charge in [-0.05, 0) is 56.0 Å². The molecule has 4 aromatic rings. The van der Waals surface area contributed by atoms with Gasteiger partial charge in [0.15, 0.2) is 5.82 Å². The first kappa shape index (κ1) is 20.2. The largest absolute Gasteiger partial charge is 0.328 e. The first-order valence-corrected chi connectivity index (χ1v) is 11.3. The van der Waals surface area contributed by atoms with Crippen molar-refractivity contribution in [3.05, 3.63) is 93.3 Å². The Morgan fingerprint density at radius 1 is 1.06 bits per heavy atom. The van der Waals surface area contributed by atoms with Crippen molar-refractivity contribution in [2.45, 2.75) is 26.8 Å². The molecule has 1 aliphatic rings. The Bertz CT molecular complexity index is 1340. The zero-order valence-corrected chi connectivity index (χ0v) is 18.9. The molecule has 0 fully saturated rings. The van der Waals surface area contributed by atoms with Crippen molar-refractivity contribution in [3.8, 4) is 11.4 Å². The van der Waals surface area contributed by atoms with Crippen LogP contribution in [0.3, 0.4) is 0 Å². The lowest BCUT2D eigenvalue weighted by Crippen LogP contribution is -2.31. The molecule has 7 heteroatoms. The fourth-order valence-corrected chi connectivity index (χ4v) is 5.00. The molecule has 0 bridgehead atoms. The molecule has 2 aromatic heterocycles. The van der Waals surface area contributed by atoms with Crippen LogP contribution in [0.15, 0.2) is 77.3 Å². The molecule has 2 N–H and O–H groups in total. The molecule has 3 heterocycles. The summed E-state index contributed by atoms with van der Waals surface area (Å²) in [5, 5.41) is 13.2. The van der Waals surface area contributed by atoms with Crippen LogP contribution in [-0.4, -0.2) is 20.7 Å². The number of para-hydroxylation sites is 1. The van der Waals surface area contributed by atoms with E-state index in [1.807, 2.05) is 72.4 Å². The zero-order chi connectivity index (χ0) is 22.2. The number of benzene rings is 2. The van der Waals surface area contributed by atoms with Gasteiger partial charge in [-0.25, -0.2) is 4.68 Å². The lowest BCUT2D eigenvalue weighted by atomic mass is 9.99. The van der Waals surface area contributed by atoms with E-state index >= 15 is 0 Å². The molecule has 160 valence electrons. The molecule has 1 unspecified atom stereocenters. The van der Waals surface area contributed by atoms with Gasteiger partial charge in [0.25, 0.3) is 5.91 Å². The predicted octanol–water partition coefficient (Wildman–Crippen LogP) is 5.55. The van der Waals surface area contributed by atoms with Gasteiger partial charge in [-0.3, -0.25) is 4.79 Å². The van der Waals surface area contributed by atoms with Crippen molar-refractivity contribution < 1.29 is 4.79 Å². The highest BCUT2D eigenvalue weighted by molar-refractivity contribution is 7.10. The number of nitrogens with zero attached hydrogens (tertiary/aromatic N) is 3. The van der Waals surface area contributed by atoms with Crippen LogP contribution in [0.25, 0.3) is 11.4 Å². The second kappa shape index (κ2) is 8.09. The van der Waals surface area contributed by atoms with Crippen molar-refractivity contribution in [1.82, 2.24) is 14.8 Å². The van der Waals surface area contributed by atoms with Gasteiger partial charge in [0, 0.05) is 21.8 Å². The second-order valence-corrected chi connectivity index (χ2v) is 8.87. The van der Waals surface area contributed by atoms with Gasteiger partial charge < -0.3 is 10.6 Å². The molecule has 5 rings (SSSR count). The summed E-state index contributed by atoms with van der Waals surface area (Å²) in [6.07, 6.45) is 0. The van der Waals surface area contributed by atoms with Crippen molar-refractivity contribution in [3.63, 3.8) is 0 Å². The first-order chi connectivity index (χ1) is 15.5. The number of carbonyl (C=O) groups excluding carboxylic acids is 1. The Morgan fingerprint density at radius 2 is 1.88 bits per heavy atom. The maximum Gasteiger partial charge on any atom is 0.255 e. The third kappa shape index (κ3) is 3.61. The topological polar surface area (TPSA) is 71.8 Å². The Balaban J connectivity index is 1.61. The van der Waals surface area contributed by atoms with Crippen LogP contribution < -0.4 is 10.6 Å². The van der Waals surface area contributed by atoms with Crippen molar-refractivity contribution in [1.29, 1.82) is 0 Å². The zero-order valence-electron chi connectivity index (χ0n) is 18.1. The molecule has 0 aliphatic carbocycles. The third-order valence-corrected chi connectivity index (χ3v) is 6.63. The van der Waals surface area contributed by atoms with Gasteiger partial charge in [0.05, 0.1) is 5.57 Å². The van der Waals surface area contributed by atoms with E-state index in [2.05, 4.69) is 29.7 Å². The van der Waals surface area contributed by atoms with E-state index in [0.717, 1.165) is 33.0 Å². The van der Waals surface area contributed by atoms with Gasteiger partial charge in [-0.2, -0.15) is 4.98 Å². The quantitative estimate of drug-likeness (QED) is 0.435. The molecule has 1 atom stereocenters. The summed E-state index contributed by atoms with van der Waals surface area (Å²) in [6, 6.07) is 19.3. The molecule has 1 aliphatic heterocycles. The molecule has 0 saturated carbocycles. The maximum absolute atomic E-state index is 13.5. The molecule has 2 aromatic carbocycles. The monoisotopic (exact) mass is 441 g/mol. The van der Waals surface area contributed by atoms with Crippen LogP contribution in [0.4, 0.5) is 11.6 Å². The van der Waals surface area contributed by atoms with Crippen LogP contribution in [0.5, 0.6) is 0 Å². The first-order valence-electron chi connectivity index (χ1n) is 10.4. The van der Waals surface area contributed by atoms with Gasteiger partial charge in [-0.15, -0.1) is 16.4 Å². The number of rotatable bonds is 4. The van der Waals surface area contributed by atoms with Crippen LogP contribution in [0.2, 0.25) is 0 Å². The average Bonchev–Trinajstić information content (AvgIpc) is 3.39. The van der Waals surface area contributed by atoms with E-state index in [-0.39, 0.29) is 11.9 Å². The van der Waals surface area contributed by atoms with Gasteiger partial charge >= 0.3 is 0 Å². The summed E-state index contributed by atoms with van der Waals surface area (Å²) in [5.74, 6) is 1.11. The Labute approximate surface area is 190 Å². The van der Waals surface area contributed by atoms with E-state index in [1.54, 1.807) is 11.3 Å². The molecular formula is C25H23N5OS. The van der Waals surface area contributed by atoms with Crippen LogP contribution >= 0.6 is 11.3 Å². The van der Waals surface area contributed by atoms with Gasteiger partial charge in [0.2, 0.25) is 5.95 Å². The highest BCUT2D eigenvalue weighted by Gasteiger charge is 2.36. The number of hydrogen-bond donors (Lipinski definition) is 2. The number of amides is 1. The minimum absolute atomic E-state index is 0.155. The lowest BCUT2D eigenvalue weighted by molar-refractivity contribution is -0.113. The molecular weight excluding hydrogens is 418 g/mol. The summed E-state index contributed by atoms with van der Waals surface area (Å²) < 4.78 is 1.84. The highest BCUT2D eigenvalue weighted by Crippen LogP contribution is 2.40. The van der Waals surface area contributed by atoms with Crippen LogP contribution in [-0.2, 0) is 4.79 Å². The number of allylic oxidation sites excluding steroid dienone is 1. The third-order valence-electron chi connectivity index (χ3n) is 5.56. The molecule has 32 heavy (non-hydrogen) atoms. The van der Waals surface area contributed by atoms with E-state index in [1.165, 1.54) is 0 Å². The molecule has 0 saturated heterocycles. The van der Waals surface area contributed by atoms with Crippen LogP contribution in [0, 0.1) is 13.8 Å². The summed E-state index contributed by atoms with van der Waals surface area (Å²) in [5.41, 5.74) is 5.37. The summed E-state index contributed by atoms with van der Waals surface area (Å²) in [7, 11) is 0. The minimum atomic E-state index is -0.360. The van der Waals surface area contributed by atoms with Crippen LogP contribution in [0.1, 0.15) is 29.0 Å². The van der Waals surface area contributed by atoms with E-state index in [9.17, 15) is 4.79 Å². The Morgan fingerprint density at radius 3 is 2.59 bits per heavy atom. The molecule has 0 spiro atoms. The number of fused-ring (bicyclic) bond motifs is 1. The minimum Gasteiger partial charge on any atom is -0.328 e. The van der Waals surface area contributed by atoms with E-state index < -0.39 is 0 Å². The number of nitrogens with one attached hydrogen (secondary N) is 2. The summed E-state index contributed by atoms with van der Waals surface area (Å²) in [6.45, 7) is 6.03. The number of hydrogen-bond acceptors (Lipinski definition) is 5. The number of anilines is 2. The highest BCUT2D eigenvalue weighted by atomic mass is 32.1. The van der Waals surface area contributed by atoms with Crippen molar-refractivity contribution in [2.75, 3.05) is 10.6 Å². The SMILES string of the molecule is CC1=C(C(=O)Nc2ccccc2)C(c2sccc2C)n2nc(-c3cccc(C)c3)nc2N1. The molecule has 1 amide bonds. The molecule has 0 radical (unpaired) electrons. The summed E-state index contributed by atoms with van der Waals surface area (Å²) >= 11 is 1.63. The normalized spacial score (nSPS) is 15.3.